The summed E-state index contributed by atoms with van der Waals surface area (Å²) in [6.45, 7) is 0. The number of thioether (sulfide) groups is 1. The van der Waals surface area contributed by atoms with E-state index in [1.54, 1.807) is 18.9 Å². The highest BCUT2D eigenvalue weighted by atomic mass is 32.2. The first-order valence-corrected chi connectivity index (χ1v) is 5.90. The summed E-state index contributed by atoms with van der Waals surface area (Å²) in [5.74, 6) is 1.98. The Morgan fingerprint density at radius 3 is 2.80 bits per heavy atom. The molecule has 2 nitrogen and oxygen atoms in total. The summed E-state index contributed by atoms with van der Waals surface area (Å²) in [4.78, 5) is 4.56. The molecule has 0 bridgehead atoms. The van der Waals surface area contributed by atoms with Gasteiger partial charge in [0.2, 0.25) is 0 Å². The maximum Gasteiger partial charge on any atom is 0.147 e. The number of methoxy groups -OCH3 is 1. The van der Waals surface area contributed by atoms with E-state index in [4.69, 9.17) is 4.74 Å². The number of ether oxygens (including phenoxy) is 1. The van der Waals surface area contributed by atoms with Gasteiger partial charge in [-0.3, -0.25) is 0 Å². The maximum absolute atomic E-state index is 5.29. The molecule has 0 saturated carbocycles. The van der Waals surface area contributed by atoms with Crippen molar-refractivity contribution < 1.29 is 4.74 Å². The van der Waals surface area contributed by atoms with E-state index >= 15 is 0 Å². The molecule has 0 aliphatic carbocycles. The standard InChI is InChI=1S/C12H13NOS/c1-14-11-8-5-9-15-12(11)13-10-6-3-2-4-7-10/h2-4,6-8H,5,9H2,1H3. The van der Waals surface area contributed by atoms with Gasteiger partial charge in [-0.05, 0) is 24.6 Å². The van der Waals surface area contributed by atoms with Gasteiger partial charge in [0.25, 0.3) is 0 Å². The van der Waals surface area contributed by atoms with E-state index in [1.165, 1.54) is 0 Å². The molecule has 0 aromatic heterocycles. The van der Waals surface area contributed by atoms with Crippen LogP contribution in [0.5, 0.6) is 0 Å². The van der Waals surface area contributed by atoms with Crippen LogP contribution in [-0.2, 0) is 4.74 Å². The third-order valence-electron chi connectivity index (χ3n) is 2.10. The number of para-hydroxylation sites is 1. The molecular formula is C12H13NOS. The number of benzene rings is 1. The van der Waals surface area contributed by atoms with Gasteiger partial charge in [-0.2, -0.15) is 0 Å². The smallest absolute Gasteiger partial charge is 0.147 e. The second-order valence-electron chi connectivity index (χ2n) is 3.16. The largest absolute Gasteiger partial charge is 0.494 e. The molecule has 1 aliphatic heterocycles. The molecule has 0 amide bonds. The first kappa shape index (κ1) is 10.3. The lowest BCUT2D eigenvalue weighted by molar-refractivity contribution is 0.314. The Kier molecular flexibility index (Phi) is 3.45. The number of aliphatic imine (C=N–C) groups is 1. The van der Waals surface area contributed by atoms with Gasteiger partial charge in [0.05, 0.1) is 12.8 Å². The van der Waals surface area contributed by atoms with E-state index in [-0.39, 0.29) is 0 Å². The minimum absolute atomic E-state index is 0.898. The summed E-state index contributed by atoms with van der Waals surface area (Å²) in [5.41, 5.74) is 0.977. The lowest BCUT2D eigenvalue weighted by Crippen LogP contribution is -2.06. The summed E-state index contributed by atoms with van der Waals surface area (Å²) >= 11 is 1.75. The molecule has 2 rings (SSSR count). The zero-order valence-electron chi connectivity index (χ0n) is 8.64. The molecule has 0 spiro atoms. The topological polar surface area (TPSA) is 21.6 Å². The Labute approximate surface area is 94.1 Å². The van der Waals surface area contributed by atoms with E-state index in [2.05, 4.69) is 11.1 Å². The fourth-order valence-corrected chi connectivity index (χ4v) is 2.29. The quantitative estimate of drug-likeness (QED) is 0.760. The van der Waals surface area contributed by atoms with Crippen LogP contribution in [0.15, 0.2) is 47.2 Å². The number of nitrogens with zero attached hydrogens (tertiary/aromatic N) is 1. The predicted molar refractivity (Wildman–Crippen MR) is 65.7 cm³/mol. The third-order valence-corrected chi connectivity index (χ3v) is 3.11. The van der Waals surface area contributed by atoms with Crippen LogP contribution in [0, 0.1) is 0 Å². The van der Waals surface area contributed by atoms with Crippen molar-refractivity contribution in [3.63, 3.8) is 0 Å². The first-order chi connectivity index (χ1) is 7.40. The molecule has 78 valence electrons. The van der Waals surface area contributed by atoms with Crippen molar-refractivity contribution in [1.29, 1.82) is 0 Å². The van der Waals surface area contributed by atoms with E-state index in [0.717, 1.165) is 28.7 Å². The average Bonchev–Trinajstić information content (AvgIpc) is 2.31. The Bertz CT molecular complexity index is 384. The Balaban J connectivity index is 2.26. The van der Waals surface area contributed by atoms with Gasteiger partial charge < -0.3 is 4.74 Å². The van der Waals surface area contributed by atoms with Gasteiger partial charge in [-0.1, -0.05) is 18.2 Å². The molecular weight excluding hydrogens is 206 g/mol. The second kappa shape index (κ2) is 5.03. The summed E-state index contributed by atoms with van der Waals surface area (Å²) < 4.78 is 5.29. The first-order valence-electron chi connectivity index (χ1n) is 4.91. The van der Waals surface area contributed by atoms with Crippen molar-refractivity contribution in [3.05, 3.63) is 42.2 Å². The Morgan fingerprint density at radius 1 is 1.27 bits per heavy atom. The summed E-state index contributed by atoms with van der Waals surface area (Å²) in [6.07, 6.45) is 3.15. The molecule has 0 saturated heterocycles. The molecule has 0 unspecified atom stereocenters. The Hall–Kier alpha value is -1.22. The molecule has 0 radical (unpaired) electrons. The zero-order chi connectivity index (χ0) is 10.5. The van der Waals surface area contributed by atoms with Crippen molar-refractivity contribution in [2.75, 3.05) is 12.9 Å². The molecule has 1 aliphatic rings. The van der Waals surface area contributed by atoms with Gasteiger partial charge in [0.1, 0.15) is 10.8 Å². The lowest BCUT2D eigenvalue weighted by Gasteiger charge is -2.13. The van der Waals surface area contributed by atoms with Crippen molar-refractivity contribution in [2.45, 2.75) is 6.42 Å². The highest BCUT2D eigenvalue weighted by molar-refractivity contribution is 8.14. The summed E-state index contributed by atoms with van der Waals surface area (Å²) in [6, 6.07) is 9.96. The van der Waals surface area contributed by atoms with Crippen molar-refractivity contribution >= 4 is 22.5 Å². The van der Waals surface area contributed by atoms with Crippen LogP contribution in [0.4, 0.5) is 5.69 Å². The molecule has 0 atom stereocenters. The van der Waals surface area contributed by atoms with Gasteiger partial charge in [0, 0.05) is 5.75 Å². The number of hydrogen-bond donors (Lipinski definition) is 0. The fourth-order valence-electron chi connectivity index (χ4n) is 1.38. The monoisotopic (exact) mass is 219 g/mol. The number of rotatable bonds is 2. The van der Waals surface area contributed by atoms with Crippen LogP contribution in [0.2, 0.25) is 0 Å². The van der Waals surface area contributed by atoms with Crippen molar-refractivity contribution in [3.8, 4) is 0 Å². The van der Waals surface area contributed by atoms with Crippen LogP contribution < -0.4 is 0 Å². The minimum atomic E-state index is 0.898. The Morgan fingerprint density at radius 2 is 2.07 bits per heavy atom. The molecule has 1 aromatic carbocycles. The molecule has 0 N–H and O–H groups in total. The molecule has 1 heterocycles. The van der Waals surface area contributed by atoms with Crippen LogP contribution in [0.25, 0.3) is 0 Å². The highest BCUT2D eigenvalue weighted by Crippen LogP contribution is 2.24. The summed E-state index contributed by atoms with van der Waals surface area (Å²) in [5, 5.41) is 0.981. The average molecular weight is 219 g/mol. The number of allylic oxidation sites excluding steroid dienone is 1. The molecule has 3 heteroatoms. The highest BCUT2D eigenvalue weighted by Gasteiger charge is 2.12. The van der Waals surface area contributed by atoms with Crippen LogP contribution >= 0.6 is 11.8 Å². The normalized spacial score (nSPS) is 18.7. The van der Waals surface area contributed by atoms with Crippen LogP contribution in [0.3, 0.4) is 0 Å². The fraction of sp³-hybridized carbons (Fsp3) is 0.250. The van der Waals surface area contributed by atoms with Crippen molar-refractivity contribution in [1.82, 2.24) is 0 Å². The van der Waals surface area contributed by atoms with Gasteiger partial charge in [-0.15, -0.1) is 11.8 Å². The van der Waals surface area contributed by atoms with Gasteiger partial charge in [-0.25, -0.2) is 4.99 Å². The zero-order valence-corrected chi connectivity index (χ0v) is 9.46. The minimum Gasteiger partial charge on any atom is -0.494 e. The van der Waals surface area contributed by atoms with Gasteiger partial charge >= 0.3 is 0 Å². The van der Waals surface area contributed by atoms with Crippen LogP contribution in [-0.4, -0.2) is 17.9 Å². The van der Waals surface area contributed by atoms with Gasteiger partial charge in [0.15, 0.2) is 0 Å². The second-order valence-corrected chi connectivity index (χ2v) is 4.25. The SMILES string of the molecule is COC1=CCCSC1=Nc1ccccc1. The third kappa shape index (κ3) is 2.63. The van der Waals surface area contributed by atoms with Crippen molar-refractivity contribution in [2.24, 2.45) is 4.99 Å². The predicted octanol–water partition coefficient (Wildman–Crippen LogP) is 3.38. The molecule has 0 fully saturated rings. The van der Waals surface area contributed by atoms with Crippen LogP contribution in [0.1, 0.15) is 6.42 Å². The lowest BCUT2D eigenvalue weighted by atomic mass is 10.3. The maximum atomic E-state index is 5.29. The number of hydrogen-bond acceptors (Lipinski definition) is 3. The van der Waals surface area contributed by atoms with E-state index < -0.39 is 0 Å². The van der Waals surface area contributed by atoms with E-state index in [1.807, 2.05) is 30.3 Å². The molecule has 1 aromatic rings. The van der Waals surface area contributed by atoms with E-state index in [0.29, 0.717) is 0 Å². The summed E-state index contributed by atoms with van der Waals surface area (Å²) in [7, 11) is 1.69. The molecule has 15 heavy (non-hydrogen) atoms. The van der Waals surface area contributed by atoms with E-state index in [9.17, 15) is 0 Å².